The van der Waals surface area contributed by atoms with Crippen molar-refractivity contribution in [2.45, 2.75) is 19.3 Å². The van der Waals surface area contributed by atoms with Crippen molar-refractivity contribution in [3.05, 3.63) is 193 Å². The molecule has 0 bridgehead atoms. The normalized spacial score (nSPS) is 13.1. The summed E-state index contributed by atoms with van der Waals surface area (Å²) >= 11 is 1.79. The molecule has 12 rings (SSSR count). The fraction of sp³-hybridized carbons (Fsp3) is 0.0556. The first-order valence-corrected chi connectivity index (χ1v) is 20.9. The van der Waals surface area contributed by atoms with Crippen molar-refractivity contribution >= 4 is 53.3 Å². The highest BCUT2D eigenvalue weighted by molar-refractivity contribution is 7.26. The molecule has 1 aliphatic carbocycles. The molecule has 0 radical (unpaired) electrons. The second-order valence-electron chi connectivity index (χ2n) is 16.0. The van der Waals surface area contributed by atoms with E-state index in [0.29, 0.717) is 17.5 Å². The number of thiophene rings is 1. The van der Waals surface area contributed by atoms with Gasteiger partial charge in [0.15, 0.2) is 17.5 Å². The SMILES string of the molecule is CC1(C)c2ccccc2-c2cc3c4ccccc4n(-c4ccc(-c5cc(-c6nc(-c7ccccc7)nc(-c7ccccc7)n6)c6sc7ccccc7c6c5)cc4)c3cc21. The maximum Gasteiger partial charge on any atom is 0.165 e. The molecule has 278 valence electrons. The highest BCUT2D eigenvalue weighted by atomic mass is 32.1. The summed E-state index contributed by atoms with van der Waals surface area (Å²) in [7, 11) is 0. The maximum atomic E-state index is 5.19. The van der Waals surface area contributed by atoms with E-state index in [0.717, 1.165) is 33.5 Å². The molecular formula is C54H36N4S. The Labute approximate surface area is 345 Å². The van der Waals surface area contributed by atoms with Gasteiger partial charge in [0, 0.05) is 58.7 Å². The number of aromatic nitrogens is 4. The molecule has 3 aromatic heterocycles. The minimum absolute atomic E-state index is 0.0876. The van der Waals surface area contributed by atoms with Gasteiger partial charge in [-0.1, -0.05) is 147 Å². The molecule has 0 N–H and O–H groups in total. The Morgan fingerprint density at radius 2 is 1.03 bits per heavy atom. The average Bonchev–Trinajstić information content (AvgIpc) is 3.91. The van der Waals surface area contributed by atoms with Crippen LogP contribution in [0.2, 0.25) is 0 Å². The van der Waals surface area contributed by atoms with Crippen molar-refractivity contribution in [1.82, 2.24) is 19.5 Å². The van der Waals surface area contributed by atoms with Crippen molar-refractivity contribution in [2.75, 3.05) is 0 Å². The molecule has 0 unspecified atom stereocenters. The predicted molar refractivity (Wildman–Crippen MR) is 246 cm³/mol. The lowest BCUT2D eigenvalue weighted by atomic mass is 9.82. The summed E-state index contributed by atoms with van der Waals surface area (Å²) in [4.78, 5) is 15.4. The van der Waals surface area contributed by atoms with Gasteiger partial charge in [-0.15, -0.1) is 11.3 Å². The second-order valence-corrected chi connectivity index (χ2v) is 17.1. The van der Waals surface area contributed by atoms with Gasteiger partial charge in [-0.25, -0.2) is 15.0 Å². The van der Waals surface area contributed by atoms with Crippen LogP contribution < -0.4 is 0 Å². The second kappa shape index (κ2) is 12.9. The van der Waals surface area contributed by atoms with Gasteiger partial charge in [0.25, 0.3) is 0 Å². The van der Waals surface area contributed by atoms with Gasteiger partial charge in [-0.2, -0.15) is 0 Å². The monoisotopic (exact) mass is 772 g/mol. The number of nitrogens with zero attached hydrogens (tertiary/aromatic N) is 4. The molecule has 4 nitrogen and oxygen atoms in total. The van der Waals surface area contributed by atoms with Crippen LogP contribution in [0.3, 0.4) is 0 Å². The summed E-state index contributed by atoms with van der Waals surface area (Å²) in [6.07, 6.45) is 0. The van der Waals surface area contributed by atoms with Crippen molar-refractivity contribution < 1.29 is 0 Å². The summed E-state index contributed by atoms with van der Waals surface area (Å²) in [5.74, 6) is 1.97. The fourth-order valence-electron chi connectivity index (χ4n) is 9.33. The first-order chi connectivity index (χ1) is 29.0. The third-order valence-electron chi connectivity index (χ3n) is 12.3. The van der Waals surface area contributed by atoms with Crippen LogP contribution >= 0.6 is 11.3 Å². The Bertz CT molecular complexity index is 3390. The molecule has 0 spiro atoms. The van der Waals surface area contributed by atoms with Crippen molar-refractivity contribution in [2.24, 2.45) is 0 Å². The lowest BCUT2D eigenvalue weighted by Crippen LogP contribution is -2.14. The average molecular weight is 773 g/mol. The number of hydrogen-bond donors (Lipinski definition) is 0. The molecule has 3 heterocycles. The lowest BCUT2D eigenvalue weighted by Gasteiger charge is -2.21. The lowest BCUT2D eigenvalue weighted by molar-refractivity contribution is 0.661. The molecule has 0 saturated carbocycles. The van der Waals surface area contributed by atoms with Crippen LogP contribution in [0.1, 0.15) is 25.0 Å². The number of fused-ring (bicyclic) bond motifs is 9. The Balaban J connectivity index is 1.04. The molecule has 0 amide bonds. The number of hydrogen-bond acceptors (Lipinski definition) is 4. The fourth-order valence-corrected chi connectivity index (χ4v) is 10.5. The minimum atomic E-state index is -0.0876. The molecule has 0 aliphatic heterocycles. The summed E-state index contributed by atoms with van der Waals surface area (Å²) in [5, 5.41) is 4.97. The van der Waals surface area contributed by atoms with Crippen molar-refractivity contribution in [3.63, 3.8) is 0 Å². The summed E-state index contributed by atoms with van der Waals surface area (Å²) in [6, 6.07) is 65.3. The van der Waals surface area contributed by atoms with Gasteiger partial charge in [0.2, 0.25) is 0 Å². The topological polar surface area (TPSA) is 43.6 Å². The summed E-state index contributed by atoms with van der Waals surface area (Å²) < 4.78 is 4.84. The van der Waals surface area contributed by atoms with E-state index in [4.69, 9.17) is 15.0 Å². The standard InChI is InChI=1S/C54H36N4S/c1-54(2)45-22-12-9-19-38(45)41-31-42-39-20-10-13-23-47(39)58(48(42)32-46(41)54)37-27-25-33(26-28-37)36-29-43-40-21-11-14-24-49(40)59-50(43)44(30-36)53-56-51(34-15-5-3-6-16-34)55-52(57-53)35-17-7-4-8-18-35/h3-32H,1-2H3. The minimum Gasteiger partial charge on any atom is -0.309 e. The zero-order valence-electron chi connectivity index (χ0n) is 32.5. The van der Waals surface area contributed by atoms with Gasteiger partial charge < -0.3 is 4.57 Å². The van der Waals surface area contributed by atoms with E-state index in [1.165, 1.54) is 64.2 Å². The molecule has 0 saturated heterocycles. The Kier molecular flexibility index (Phi) is 7.41. The number of para-hydroxylation sites is 1. The molecule has 5 heteroatoms. The third-order valence-corrected chi connectivity index (χ3v) is 13.5. The van der Waals surface area contributed by atoms with Gasteiger partial charge >= 0.3 is 0 Å². The zero-order valence-corrected chi connectivity index (χ0v) is 33.3. The largest absolute Gasteiger partial charge is 0.309 e. The van der Waals surface area contributed by atoms with Gasteiger partial charge in [0.05, 0.1) is 11.0 Å². The smallest absolute Gasteiger partial charge is 0.165 e. The van der Waals surface area contributed by atoms with Gasteiger partial charge in [0.1, 0.15) is 0 Å². The molecule has 0 atom stereocenters. The molecule has 8 aromatic carbocycles. The zero-order chi connectivity index (χ0) is 39.2. The van der Waals surface area contributed by atoms with E-state index in [2.05, 4.69) is 164 Å². The van der Waals surface area contributed by atoms with E-state index >= 15 is 0 Å². The third kappa shape index (κ3) is 5.25. The molecule has 0 fully saturated rings. The van der Waals surface area contributed by atoms with E-state index < -0.39 is 0 Å². The Morgan fingerprint density at radius 1 is 0.407 bits per heavy atom. The summed E-state index contributed by atoms with van der Waals surface area (Å²) in [5.41, 5.74) is 14.1. The molecule has 11 aromatic rings. The van der Waals surface area contributed by atoms with Gasteiger partial charge in [-0.3, -0.25) is 0 Å². The number of rotatable bonds is 5. The number of benzene rings is 8. The molecule has 1 aliphatic rings. The first-order valence-electron chi connectivity index (χ1n) is 20.1. The van der Waals surface area contributed by atoms with Crippen LogP contribution in [0.5, 0.6) is 0 Å². The predicted octanol–water partition coefficient (Wildman–Crippen LogP) is 14.3. The highest BCUT2D eigenvalue weighted by Crippen LogP contribution is 2.51. The Hall–Kier alpha value is -7.21. The van der Waals surface area contributed by atoms with Crippen LogP contribution in [0.25, 0.3) is 104 Å². The summed E-state index contributed by atoms with van der Waals surface area (Å²) in [6.45, 7) is 4.71. The van der Waals surface area contributed by atoms with Crippen LogP contribution in [-0.2, 0) is 5.41 Å². The maximum absolute atomic E-state index is 5.19. The van der Waals surface area contributed by atoms with Crippen LogP contribution in [0.15, 0.2) is 182 Å². The van der Waals surface area contributed by atoms with E-state index in [1.54, 1.807) is 11.3 Å². The first kappa shape index (κ1) is 33.9. The van der Waals surface area contributed by atoms with E-state index in [9.17, 15) is 0 Å². The molecule has 59 heavy (non-hydrogen) atoms. The van der Waals surface area contributed by atoms with Crippen LogP contribution in [0.4, 0.5) is 0 Å². The van der Waals surface area contributed by atoms with Gasteiger partial charge in [-0.05, 0) is 81.9 Å². The van der Waals surface area contributed by atoms with Crippen molar-refractivity contribution in [1.29, 1.82) is 0 Å². The van der Waals surface area contributed by atoms with E-state index in [1.807, 2.05) is 36.4 Å². The molecular weight excluding hydrogens is 737 g/mol. The van der Waals surface area contributed by atoms with Crippen LogP contribution in [-0.4, -0.2) is 19.5 Å². The quantitative estimate of drug-likeness (QED) is 0.175. The Morgan fingerprint density at radius 3 is 1.78 bits per heavy atom. The van der Waals surface area contributed by atoms with Crippen LogP contribution in [0, 0.1) is 0 Å². The van der Waals surface area contributed by atoms with E-state index in [-0.39, 0.29) is 5.41 Å². The highest BCUT2D eigenvalue weighted by Gasteiger charge is 2.36. The van der Waals surface area contributed by atoms with Crippen molar-refractivity contribution in [3.8, 4) is 62.1 Å².